The van der Waals surface area contributed by atoms with Crippen molar-refractivity contribution in [2.24, 2.45) is 11.8 Å². The lowest BCUT2D eigenvalue weighted by Gasteiger charge is -2.40. The van der Waals surface area contributed by atoms with Crippen molar-refractivity contribution in [1.82, 2.24) is 0 Å². The SMILES string of the molecule is CC1(C)c2ccccc2-c2c(-c3ccccc3)cc(N(c3ccccc3)c3cccc4c3C35c6c(cccc6N(c6ccccc6)c6ccc(-c7ccccc7-c7ccccc7)cc6)CC3CCC5C4)cc21. The second kappa shape index (κ2) is 16.7. The lowest BCUT2D eigenvalue weighted by Crippen LogP contribution is -2.34. The number of hydrogen-bond donors (Lipinski definition) is 0. The Morgan fingerprint density at radius 2 is 0.778 bits per heavy atom. The third-order valence-electron chi connectivity index (χ3n) is 17.1. The van der Waals surface area contributed by atoms with Crippen LogP contribution in [0.2, 0.25) is 0 Å². The zero-order valence-electron chi connectivity index (χ0n) is 41.0. The minimum Gasteiger partial charge on any atom is -0.310 e. The van der Waals surface area contributed by atoms with Gasteiger partial charge in [0.1, 0.15) is 0 Å². The predicted molar refractivity (Wildman–Crippen MR) is 301 cm³/mol. The van der Waals surface area contributed by atoms with Crippen molar-refractivity contribution in [3.63, 3.8) is 0 Å². The maximum atomic E-state index is 2.64. The molecule has 3 unspecified atom stereocenters. The van der Waals surface area contributed by atoms with Gasteiger partial charge in [0, 0.05) is 33.6 Å². The highest BCUT2D eigenvalue weighted by atomic mass is 15.2. The van der Waals surface area contributed by atoms with Gasteiger partial charge in [-0.1, -0.05) is 196 Å². The molecule has 10 aromatic rings. The van der Waals surface area contributed by atoms with Crippen LogP contribution in [0.4, 0.5) is 34.1 Å². The fourth-order valence-electron chi connectivity index (χ4n) is 14.2. The van der Waals surface area contributed by atoms with E-state index in [9.17, 15) is 0 Å². The van der Waals surface area contributed by atoms with Gasteiger partial charge < -0.3 is 9.80 Å². The fourth-order valence-corrected chi connectivity index (χ4v) is 14.2. The first-order valence-electron chi connectivity index (χ1n) is 26.0. The molecule has 3 atom stereocenters. The number of hydrogen-bond acceptors (Lipinski definition) is 2. The lowest BCUT2D eigenvalue weighted by molar-refractivity contribution is 0.350. The number of benzene rings is 10. The summed E-state index contributed by atoms with van der Waals surface area (Å²) < 4.78 is 0. The average molecular weight is 925 g/mol. The topological polar surface area (TPSA) is 6.48 Å². The molecule has 4 aliphatic carbocycles. The Labute approximate surface area is 424 Å². The van der Waals surface area contributed by atoms with Gasteiger partial charge in [-0.3, -0.25) is 0 Å². The molecular formula is C70H56N2. The van der Waals surface area contributed by atoms with E-state index in [0.717, 1.165) is 18.5 Å². The largest absolute Gasteiger partial charge is 0.310 e. The molecule has 2 nitrogen and oxygen atoms in total. The molecule has 0 aromatic heterocycles. The summed E-state index contributed by atoms with van der Waals surface area (Å²) in [6.45, 7) is 4.84. The van der Waals surface area contributed by atoms with Gasteiger partial charge in [-0.05, 0) is 176 Å². The molecule has 0 heterocycles. The van der Waals surface area contributed by atoms with Crippen LogP contribution in [-0.2, 0) is 23.7 Å². The van der Waals surface area contributed by atoms with Crippen LogP contribution in [-0.4, -0.2) is 0 Å². The maximum Gasteiger partial charge on any atom is 0.0505 e. The third kappa shape index (κ3) is 6.41. The molecule has 10 aromatic carbocycles. The molecule has 2 heteroatoms. The Balaban J connectivity index is 0.973. The smallest absolute Gasteiger partial charge is 0.0505 e. The van der Waals surface area contributed by atoms with Crippen molar-refractivity contribution >= 4 is 34.1 Å². The van der Waals surface area contributed by atoms with Gasteiger partial charge in [-0.15, -0.1) is 0 Å². The van der Waals surface area contributed by atoms with Gasteiger partial charge in [0.05, 0.1) is 11.4 Å². The first-order chi connectivity index (χ1) is 35.5. The van der Waals surface area contributed by atoms with E-state index in [0.29, 0.717) is 11.8 Å². The summed E-state index contributed by atoms with van der Waals surface area (Å²) in [5.41, 5.74) is 25.9. The van der Waals surface area contributed by atoms with Crippen LogP contribution in [0.15, 0.2) is 243 Å². The summed E-state index contributed by atoms with van der Waals surface area (Å²) in [6.07, 6.45) is 4.61. The fraction of sp³-hybridized carbons (Fsp3) is 0.143. The number of para-hydroxylation sites is 2. The molecule has 1 spiro atoms. The van der Waals surface area contributed by atoms with Gasteiger partial charge in [-0.25, -0.2) is 0 Å². The van der Waals surface area contributed by atoms with Crippen molar-refractivity contribution in [3.8, 4) is 44.5 Å². The number of fused-ring (bicyclic) bond motifs is 5. The van der Waals surface area contributed by atoms with Gasteiger partial charge in [0.25, 0.3) is 0 Å². The van der Waals surface area contributed by atoms with Crippen molar-refractivity contribution in [1.29, 1.82) is 0 Å². The molecule has 0 aliphatic heterocycles. The Morgan fingerprint density at radius 3 is 1.32 bits per heavy atom. The minimum atomic E-state index is -0.184. The third-order valence-corrected chi connectivity index (χ3v) is 17.1. The Hall–Kier alpha value is -8.20. The molecule has 1 fully saturated rings. The van der Waals surface area contributed by atoms with E-state index < -0.39 is 0 Å². The Morgan fingerprint density at radius 1 is 0.347 bits per heavy atom. The summed E-state index contributed by atoms with van der Waals surface area (Å²) in [4.78, 5) is 5.21. The van der Waals surface area contributed by atoms with Crippen LogP contribution in [0, 0.1) is 11.8 Å². The van der Waals surface area contributed by atoms with E-state index in [4.69, 9.17) is 0 Å². The first kappa shape index (κ1) is 42.7. The molecule has 72 heavy (non-hydrogen) atoms. The Kier molecular flexibility index (Phi) is 9.90. The van der Waals surface area contributed by atoms with Crippen LogP contribution < -0.4 is 9.80 Å². The number of anilines is 6. The van der Waals surface area contributed by atoms with Gasteiger partial charge in [0.15, 0.2) is 0 Å². The van der Waals surface area contributed by atoms with Crippen LogP contribution in [0.25, 0.3) is 44.5 Å². The van der Waals surface area contributed by atoms with E-state index in [1.807, 2.05) is 0 Å². The molecule has 1 saturated carbocycles. The number of rotatable bonds is 9. The summed E-state index contributed by atoms with van der Waals surface area (Å²) in [6, 6.07) is 91.0. The second-order valence-electron chi connectivity index (χ2n) is 21.1. The molecule has 4 aliphatic rings. The maximum absolute atomic E-state index is 2.64. The summed E-state index contributed by atoms with van der Waals surface area (Å²) in [7, 11) is 0. The normalized spacial score (nSPS) is 18.4. The van der Waals surface area contributed by atoms with Crippen LogP contribution >= 0.6 is 0 Å². The molecule has 0 amide bonds. The van der Waals surface area contributed by atoms with E-state index in [1.165, 1.54) is 119 Å². The van der Waals surface area contributed by atoms with E-state index in [1.54, 1.807) is 0 Å². The second-order valence-corrected chi connectivity index (χ2v) is 21.1. The van der Waals surface area contributed by atoms with E-state index in [-0.39, 0.29) is 10.8 Å². The molecule has 346 valence electrons. The van der Waals surface area contributed by atoms with Gasteiger partial charge >= 0.3 is 0 Å². The van der Waals surface area contributed by atoms with Crippen LogP contribution in [0.1, 0.15) is 60.1 Å². The van der Waals surface area contributed by atoms with Crippen molar-refractivity contribution < 1.29 is 0 Å². The minimum absolute atomic E-state index is 0.180. The zero-order chi connectivity index (χ0) is 48.0. The monoisotopic (exact) mass is 924 g/mol. The van der Waals surface area contributed by atoms with Gasteiger partial charge in [-0.2, -0.15) is 0 Å². The molecule has 0 saturated heterocycles. The molecule has 0 radical (unpaired) electrons. The quantitative estimate of drug-likeness (QED) is 0.142. The highest BCUT2D eigenvalue weighted by Crippen LogP contribution is 2.69. The molecule has 0 N–H and O–H groups in total. The summed E-state index contributed by atoms with van der Waals surface area (Å²) in [5.74, 6) is 0.975. The van der Waals surface area contributed by atoms with Crippen molar-refractivity contribution in [2.75, 3.05) is 9.80 Å². The van der Waals surface area contributed by atoms with E-state index >= 15 is 0 Å². The highest BCUT2D eigenvalue weighted by Gasteiger charge is 2.62. The Bertz CT molecular complexity index is 3660. The average Bonchev–Trinajstić information content (AvgIpc) is 4.15. The van der Waals surface area contributed by atoms with Crippen molar-refractivity contribution in [3.05, 3.63) is 276 Å². The standard InChI is InChI=1S/C70H56N2/c1-69(2)62-34-18-17-33-60(62)66-61(48-23-9-4-10-24-48)45-57(46-63(66)69)72(55-29-13-6-14-30-55)65-36-20-26-51-44-53-40-39-52-43-50-25-19-35-64(67(50)70(52,53)68(51)65)71(54-27-11-5-12-28-54)56-41-37-49(38-42-56)59-32-16-15-31-58(59)47-21-7-3-8-22-47/h3-38,41-42,45-46,52-53H,39-40,43-44H2,1-2H3. The van der Waals surface area contributed by atoms with E-state index in [2.05, 4.69) is 266 Å². The zero-order valence-corrected chi connectivity index (χ0v) is 41.0. The van der Waals surface area contributed by atoms with Crippen LogP contribution in [0.5, 0.6) is 0 Å². The molecular weight excluding hydrogens is 869 g/mol. The highest BCUT2D eigenvalue weighted by molar-refractivity contribution is 5.97. The molecule has 14 rings (SSSR count). The summed E-state index contributed by atoms with van der Waals surface area (Å²) >= 11 is 0. The summed E-state index contributed by atoms with van der Waals surface area (Å²) in [5, 5.41) is 0. The lowest BCUT2D eigenvalue weighted by atomic mass is 9.68. The van der Waals surface area contributed by atoms with Crippen molar-refractivity contribution in [2.45, 2.75) is 50.4 Å². The predicted octanol–water partition coefficient (Wildman–Crippen LogP) is 18.4. The number of nitrogens with zero attached hydrogens (tertiary/aromatic N) is 2. The van der Waals surface area contributed by atoms with Crippen LogP contribution in [0.3, 0.4) is 0 Å². The van der Waals surface area contributed by atoms with Gasteiger partial charge in [0.2, 0.25) is 0 Å². The first-order valence-corrected chi connectivity index (χ1v) is 26.0. The molecule has 0 bridgehead atoms.